The van der Waals surface area contributed by atoms with Crippen LogP contribution in [0.4, 0.5) is 13.2 Å². The minimum Gasteiger partial charge on any atom is -0.508 e. The molecular weight excluding hydrogens is 326 g/mol. The number of nitrogens with two attached hydrogens (primary N) is 1. The molecule has 0 aliphatic rings. The molecule has 1 aromatic carbocycles. The van der Waals surface area contributed by atoms with Gasteiger partial charge in [-0.15, -0.1) is 13.2 Å². The van der Waals surface area contributed by atoms with Gasteiger partial charge < -0.3 is 24.6 Å². The lowest BCUT2D eigenvalue weighted by atomic mass is 10.2. The Balaban J connectivity index is 3.17. The summed E-state index contributed by atoms with van der Waals surface area (Å²) in [5.41, 5.74) is 5.54. The molecule has 0 saturated carbocycles. The molecule has 0 amide bonds. The molecule has 0 bridgehead atoms. The summed E-state index contributed by atoms with van der Waals surface area (Å²) in [6, 6.07) is 2.71. The first-order valence-corrected chi connectivity index (χ1v) is 7.97. The van der Waals surface area contributed by atoms with Gasteiger partial charge in [0.25, 0.3) is 0 Å². The second-order valence-electron chi connectivity index (χ2n) is 4.09. The molecule has 0 heterocycles. The standard InChI is InChI=1S/C12H17F3NO5P/c1-3-19-22(18,20-4-2)11(16)9-7-8(5-6-10(9)17)21-12(13,14)15/h5-7,11,17H,3-4,16H2,1-2H3/t11-/m1/s1. The SMILES string of the molecule is CCOP(=O)(OCC)[C@@H](N)c1cc(OC(F)(F)F)ccc1O. The van der Waals surface area contributed by atoms with Crippen LogP contribution < -0.4 is 10.5 Å². The van der Waals surface area contributed by atoms with Crippen LogP contribution in [0, 0.1) is 0 Å². The maximum Gasteiger partial charge on any atom is 0.573 e. The molecule has 6 nitrogen and oxygen atoms in total. The van der Waals surface area contributed by atoms with Crippen molar-refractivity contribution in [2.45, 2.75) is 26.0 Å². The molecule has 1 atom stereocenters. The number of hydrogen-bond acceptors (Lipinski definition) is 6. The number of ether oxygens (including phenoxy) is 1. The lowest BCUT2D eigenvalue weighted by molar-refractivity contribution is -0.274. The van der Waals surface area contributed by atoms with E-state index in [4.69, 9.17) is 14.8 Å². The van der Waals surface area contributed by atoms with Crippen LogP contribution >= 0.6 is 7.60 Å². The first kappa shape index (κ1) is 18.8. The molecule has 0 saturated heterocycles. The minimum absolute atomic E-state index is 0.0183. The molecule has 10 heteroatoms. The number of halogens is 3. The molecule has 0 spiro atoms. The van der Waals surface area contributed by atoms with E-state index >= 15 is 0 Å². The third kappa shape index (κ3) is 4.88. The highest BCUT2D eigenvalue weighted by Gasteiger charge is 2.37. The van der Waals surface area contributed by atoms with Crippen molar-refractivity contribution in [3.63, 3.8) is 0 Å². The van der Waals surface area contributed by atoms with Gasteiger partial charge in [0, 0.05) is 5.56 Å². The highest BCUT2D eigenvalue weighted by atomic mass is 31.2. The zero-order valence-electron chi connectivity index (χ0n) is 12.0. The van der Waals surface area contributed by atoms with E-state index in [1.54, 1.807) is 13.8 Å². The van der Waals surface area contributed by atoms with Gasteiger partial charge in [0.2, 0.25) is 0 Å². The quantitative estimate of drug-likeness (QED) is 0.736. The van der Waals surface area contributed by atoms with Crippen LogP contribution in [0.2, 0.25) is 0 Å². The summed E-state index contributed by atoms with van der Waals surface area (Å²) in [4.78, 5) is 0. The smallest absolute Gasteiger partial charge is 0.508 e. The van der Waals surface area contributed by atoms with E-state index in [0.717, 1.165) is 18.2 Å². The Kier molecular flexibility index (Phi) is 6.25. The summed E-state index contributed by atoms with van der Waals surface area (Å²) in [6.07, 6.45) is -4.90. The fraction of sp³-hybridized carbons (Fsp3) is 0.500. The van der Waals surface area contributed by atoms with E-state index in [2.05, 4.69) is 4.74 Å². The second-order valence-corrected chi connectivity index (χ2v) is 6.24. The Labute approximate surface area is 125 Å². The first-order chi connectivity index (χ1) is 10.1. The lowest BCUT2D eigenvalue weighted by Gasteiger charge is -2.24. The minimum atomic E-state index is -4.90. The summed E-state index contributed by atoms with van der Waals surface area (Å²) >= 11 is 0. The van der Waals surface area contributed by atoms with Crippen molar-refractivity contribution in [2.24, 2.45) is 5.73 Å². The van der Waals surface area contributed by atoms with E-state index in [1.807, 2.05) is 0 Å². The molecule has 0 unspecified atom stereocenters. The largest absolute Gasteiger partial charge is 0.573 e. The number of benzene rings is 1. The zero-order valence-corrected chi connectivity index (χ0v) is 12.9. The summed E-state index contributed by atoms with van der Waals surface area (Å²) < 4.78 is 63.0. The monoisotopic (exact) mass is 343 g/mol. The fourth-order valence-corrected chi connectivity index (χ4v) is 3.36. The van der Waals surface area contributed by atoms with Crippen molar-refractivity contribution in [3.8, 4) is 11.5 Å². The van der Waals surface area contributed by atoms with Crippen LogP contribution in [0.3, 0.4) is 0 Å². The Hall–Kier alpha value is -1.28. The number of rotatable bonds is 7. The van der Waals surface area contributed by atoms with Crippen LogP contribution in [0.1, 0.15) is 25.2 Å². The average molecular weight is 343 g/mol. The van der Waals surface area contributed by atoms with Gasteiger partial charge in [-0.25, -0.2) is 0 Å². The molecule has 126 valence electrons. The number of phenolic OH excluding ortho intramolecular Hbond substituents is 1. The van der Waals surface area contributed by atoms with Crippen molar-refractivity contribution in [1.82, 2.24) is 0 Å². The third-order valence-electron chi connectivity index (χ3n) is 2.51. The third-order valence-corrected chi connectivity index (χ3v) is 4.71. The molecule has 22 heavy (non-hydrogen) atoms. The highest BCUT2D eigenvalue weighted by molar-refractivity contribution is 7.54. The van der Waals surface area contributed by atoms with Crippen molar-refractivity contribution >= 4 is 7.60 Å². The van der Waals surface area contributed by atoms with Crippen molar-refractivity contribution in [3.05, 3.63) is 23.8 Å². The van der Waals surface area contributed by atoms with Gasteiger partial charge in [-0.3, -0.25) is 4.57 Å². The summed E-state index contributed by atoms with van der Waals surface area (Å²) in [6.45, 7) is 3.15. The van der Waals surface area contributed by atoms with E-state index in [-0.39, 0.29) is 18.8 Å². The number of phenols is 1. The van der Waals surface area contributed by atoms with Crippen LogP contribution in [0.5, 0.6) is 11.5 Å². The number of alkyl halides is 3. The predicted molar refractivity (Wildman–Crippen MR) is 72.6 cm³/mol. The van der Waals surface area contributed by atoms with Gasteiger partial charge in [0.1, 0.15) is 17.3 Å². The topological polar surface area (TPSA) is 91.0 Å². The molecule has 3 N–H and O–H groups in total. The Morgan fingerprint density at radius 2 is 1.82 bits per heavy atom. The van der Waals surface area contributed by atoms with Crippen LogP contribution in [-0.4, -0.2) is 24.7 Å². The van der Waals surface area contributed by atoms with Gasteiger partial charge >= 0.3 is 14.0 Å². The van der Waals surface area contributed by atoms with E-state index in [9.17, 15) is 22.8 Å². The molecule has 0 fully saturated rings. The molecular formula is C12H17F3NO5P. The van der Waals surface area contributed by atoms with Crippen LogP contribution in [-0.2, 0) is 13.6 Å². The van der Waals surface area contributed by atoms with E-state index < -0.39 is 31.2 Å². The number of hydrogen-bond donors (Lipinski definition) is 2. The zero-order chi connectivity index (χ0) is 17.0. The maximum absolute atomic E-state index is 12.5. The molecule has 0 radical (unpaired) electrons. The summed E-state index contributed by atoms with van der Waals surface area (Å²) in [7, 11) is -3.85. The van der Waals surface area contributed by atoms with Crippen LogP contribution in [0.15, 0.2) is 18.2 Å². The summed E-state index contributed by atoms with van der Waals surface area (Å²) in [5.74, 6) is -2.50. The van der Waals surface area contributed by atoms with Crippen molar-refractivity contribution in [2.75, 3.05) is 13.2 Å². The van der Waals surface area contributed by atoms with E-state index in [0.29, 0.717) is 0 Å². The first-order valence-electron chi connectivity index (χ1n) is 6.36. The van der Waals surface area contributed by atoms with Crippen molar-refractivity contribution in [1.29, 1.82) is 0 Å². The van der Waals surface area contributed by atoms with Gasteiger partial charge in [-0.2, -0.15) is 0 Å². The molecule has 0 aliphatic carbocycles. The molecule has 0 aliphatic heterocycles. The van der Waals surface area contributed by atoms with E-state index in [1.165, 1.54) is 0 Å². The normalized spacial score (nSPS) is 13.9. The predicted octanol–water partition coefficient (Wildman–Crippen LogP) is 3.51. The fourth-order valence-electron chi connectivity index (χ4n) is 1.69. The Morgan fingerprint density at radius 1 is 1.27 bits per heavy atom. The average Bonchev–Trinajstić information content (AvgIpc) is 2.39. The van der Waals surface area contributed by atoms with Gasteiger partial charge in [0.15, 0.2) is 0 Å². The van der Waals surface area contributed by atoms with Gasteiger partial charge in [-0.1, -0.05) is 0 Å². The summed E-state index contributed by atoms with van der Waals surface area (Å²) in [5, 5.41) is 9.75. The molecule has 1 aromatic rings. The van der Waals surface area contributed by atoms with Gasteiger partial charge in [0.05, 0.1) is 13.2 Å². The molecule has 0 aromatic heterocycles. The Bertz CT molecular complexity index is 542. The highest BCUT2D eigenvalue weighted by Crippen LogP contribution is 2.59. The van der Waals surface area contributed by atoms with Crippen LogP contribution in [0.25, 0.3) is 0 Å². The lowest BCUT2D eigenvalue weighted by Crippen LogP contribution is -2.18. The molecule has 1 rings (SSSR count). The Morgan fingerprint density at radius 3 is 2.27 bits per heavy atom. The van der Waals surface area contributed by atoms with Gasteiger partial charge in [-0.05, 0) is 32.0 Å². The van der Waals surface area contributed by atoms with Crippen molar-refractivity contribution < 1.29 is 36.6 Å². The number of aromatic hydroxyl groups is 1. The second kappa shape index (κ2) is 7.32. The maximum atomic E-state index is 12.5.